The van der Waals surface area contributed by atoms with Crippen molar-refractivity contribution in [3.8, 4) is 5.75 Å². The van der Waals surface area contributed by atoms with Gasteiger partial charge in [-0.1, -0.05) is 34.1 Å². The predicted octanol–water partition coefficient (Wildman–Crippen LogP) is 3.32. The van der Waals surface area contributed by atoms with E-state index in [-0.39, 0.29) is 6.04 Å². The Morgan fingerprint density at radius 1 is 1.32 bits per heavy atom. The van der Waals surface area contributed by atoms with Crippen LogP contribution in [0.15, 0.2) is 34.9 Å². The van der Waals surface area contributed by atoms with Gasteiger partial charge in [0.25, 0.3) is 0 Å². The molecule has 102 valence electrons. The third-order valence-corrected chi connectivity index (χ3v) is 3.69. The summed E-state index contributed by atoms with van der Waals surface area (Å²) in [5, 5.41) is 14.9. The molecule has 1 aromatic carbocycles. The van der Waals surface area contributed by atoms with Crippen LogP contribution in [0, 0.1) is 0 Å². The Bertz CT molecular complexity index is 566. The van der Waals surface area contributed by atoms with Crippen molar-refractivity contribution >= 4 is 15.9 Å². The molecule has 0 amide bonds. The van der Waals surface area contributed by atoms with Gasteiger partial charge in [0.2, 0.25) is 0 Å². The highest BCUT2D eigenvalue weighted by molar-refractivity contribution is 9.10. The number of nitrogens with zero attached hydrogens (tertiary/aromatic N) is 2. The molecular formula is C14H17BrN2O2. The van der Waals surface area contributed by atoms with E-state index in [1.54, 1.807) is 18.0 Å². The molecule has 2 aromatic rings. The average Bonchev–Trinajstić information content (AvgIpc) is 2.82. The minimum absolute atomic E-state index is 0.149. The molecule has 0 saturated heterocycles. The molecule has 0 aliphatic rings. The van der Waals surface area contributed by atoms with Crippen LogP contribution in [-0.4, -0.2) is 22.0 Å². The molecule has 1 N–H and O–H groups in total. The average molecular weight is 325 g/mol. The van der Waals surface area contributed by atoms with Crippen molar-refractivity contribution < 1.29 is 9.84 Å². The van der Waals surface area contributed by atoms with Crippen molar-refractivity contribution in [2.24, 2.45) is 0 Å². The van der Waals surface area contributed by atoms with E-state index in [9.17, 15) is 5.11 Å². The molecule has 1 atom stereocenters. The molecule has 2 rings (SSSR count). The summed E-state index contributed by atoms with van der Waals surface area (Å²) in [5.74, 6) is 0.594. The van der Waals surface area contributed by atoms with Crippen LogP contribution < -0.4 is 4.74 Å². The highest BCUT2D eigenvalue weighted by atomic mass is 79.9. The summed E-state index contributed by atoms with van der Waals surface area (Å²) in [6.45, 7) is 4.03. The fraction of sp³-hybridized carbons (Fsp3) is 0.357. The molecule has 0 spiro atoms. The molecule has 0 saturated carbocycles. The van der Waals surface area contributed by atoms with Crippen LogP contribution in [0.1, 0.15) is 37.3 Å². The Kier molecular flexibility index (Phi) is 4.27. The fourth-order valence-corrected chi connectivity index (χ4v) is 2.53. The van der Waals surface area contributed by atoms with E-state index in [1.807, 2.05) is 38.1 Å². The molecule has 0 fully saturated rings. The molecule has 0 bridgehead atoms. The van der Waals surface area contributed by atoms with Crippen molar-refractivity contribution in [3.05, 3.63) is 46.2 Å². The summed E-state index contributed by atoms with van der Waals surface area (Å²) in [7, 11) is 1.58. The van der Waals surface area contributed by atoms with Crippen LogP contribution in [0.3, 0.4) is 0 Å². The molecule has 1 unspecified atom stereocenters. The zero-order valence-electron chi connectivity index (χ0n) is 11.2. The topological polar surface area (TPSA) is 47.3 Å². The van der Waals surface area contributed by atoms with Crippen molar-refractivity contribution in [2.45, 2.75) is 26.0 Å². The molecule has 5 heteroatoms. The number of hydrogen-bond donors (Lipinski definition) is 1. The zero-order valence-corrected chi connectivity index (χ0v) is 12.8. The van der Waals surface area contributed by atoms with Crippen molar-refractivity contribution in [1.82, 2.24) is 9.78 Å². The SMILES string of the molecule is COc1cnn(C(C)C)c1C(O)c1ccccc1Br. The fourth-order valence-electron chi connectivity index (χ4n) is 2.03. The summed E-state index contributed by atoms with van der Waals surface area (Å²) in [6, 6.07) is 7.74. The second-order valence-electron chi connectivity index (χ2n) is 4.56. The smallest absolute Gasteiger partial charge is 0.163 e. The second kappa shape index (κ2) is 5.75. The van der Waals surface area contributed by atoms with Gasteiger partial charge in [0.1, 0.15) is 11.8 Å². The third kappa shape index (κ3) is 2.67. The molecule has 1 aromatic heterocycles. The van der Waals surface area contributed by atoms with Gasteiger partial charge in [0.05, 0.1) is 13.3 Å². The maximum atomic E-state index is 10.6. The Morgan fingerprint density at radius 3 is 2.58 bits per heavy atom. The number of aliphatic hydroxyl groups is 1. The molecule has 1 heterocycles. The normalized spacial score (nSPS) is 12.7. The van der Waals surface area contributed by atoms with Crippen molar-refractivity contribution in [2.75, 3.05) is 7.11 Å². The van der Waals surface area contributed by atoms with Gasteiger partial charge in [0, 0.05) is 16.1 Å². The molecule has 0 radical (unpaired) electrons. The molecule has 0 aliphatic heterocycles. The summed E-state index contributed by atoms with van der Waals surface area (Å²) in [4.78, 5) is 0. The molecular weight excluding hydrogens is 308 g/mol. The quantitative estimate of drug-likeness (QED) is 0.938. The third-order valence-electron chi connectivity index (χ3n) is 2.97. The molecule has 19 heavy (non-hydrogen) atoms. The first-order chi connectivity index (χ1) is 9.06. The highest BCUT2D eigenvalue weighted by Gasteiger charge is 2.24. The second-order valence-corrected chi connectivity index (χ2v) is 5.41. The number of ether oxygens (including phenoxy) is 1. The number of benzene rings is 1. The van der Waals surface area contributed by atoms with E-state index in [2.05, 4.69) is 21.0 Å². The lowest BCUT2D eigenvalue weighted by molar-refractivity contribution is 0.199. The van der Waals surface area contributed by atoms with E-state index in [0.717, 1.165) is 10.0 Å². The van der Waals surface area contributed by atoms with Gasteiger partial charge in [-0.15, -0.1) is 0 Å². The number of aromatic nitrogens is 2. The number of hydrogen-bond acceptors (Lipinski definition) is 3. The minimum Gasteiger partial charge on any atom is -0.493 e. The van der Waals surface area contributed by atoms with Crippen LogP contribution in [0.4, 0.5) is 0 Å². The summed E-state index contributed by atoms with van der Waals surface area (Å²) in [5.41, 5.74) is 1.47. The summed E-state index contributed by atoms with van der Waals surface area (Å²) >= 11 is 3.46. The van der Waals surface area contributed by atoms with Crippen LogP contribution >= 0.6 is 15.9 Å². The van der Waals surface area contributed by atoms with Crippen LogP contribution in [-0.2, 0) is 0 Å². The lowest BCUT2D eigenvalue weighted by atomic mass is 10.1. The molecule has 4 nitrogen and oxygen atoms in total. The lowest BCUT2D eigenvalue weighted by Crippen LogP contribution is -2.13. The van der Waals surface area contributed by atoms with Gasteiger partial charge in [-0.25, -0.2) is 0 Å². The van der Waals surface area contributed by atoms with Gasteiger partial charge in [-0.3, -0.25) is 4.68 Å². The highest BCUT2D eigenvalue weighted by Crippen LogP contribution is 2.34. The number of methoxy groups -OCH3 is 1. The predicted molar refractivity (Wildman–Crippen MR) is 77.4 cm³/mol. The van der Waals surface area contributed by atoms with Crippen molar-refractivity contribution in [1.29, 1.82) is 0 Å². The minimum atomic E-state index is -0.782. The van der Waals surface area contributed by atoms with E-state index in [1.165, 1.54) is 0 Å². The van der Waals surface area contributed by atoms with E-state index >= 15 is 0 Å². The maximum Gasteiger partial charge on any atom is 0.163 e. The van der Waals surface area contributed by atoms with Gasteiger partial charge in [-0.2, -0.15) is 5.10 Å². The maximum absolute atomic E-state index is 10.6. The van der Waals surface area contributed by atoms with E-state index < -0.39 is 6.10 Å². The van der Waals surface area contributed by atoms with Gasteiger partial charge in [-0.05, 0) is 19.9 Å². The van der Waals surface area contributed by atoms with E-state index in [0.29, 0.717) is 11.4 Å². The van der Waals surface area contributed by atoms with Crippen LogP contribution in [0.25, 0.3) is 0 Å². The van der Waals surface area contributed by atoms with Gasteiger partial charge < -0.3 is 9.84 Å². The Morgan fingerprint density at radius 2 is 2.00 bits per heavy atom. The largest absolute Gasteiger partial charge is 0.493 e. The monoisotopic (exact) mass is 324 g/mol. The van der Waals surface area contributed by atoms with Crippen LogP contribution in [0.5, 0.6) is 5.75 Å². The number of aliphatic hydroxyl groups excluding tert-OH is 1. The van der Waals surface area contributed by atoms with Gasteiger partial charge >= 0.3 is 0 Å². The first-order valence-electron chi connectivity index (χ1n) is 6.10. The zero-order chi connectivity index (χ0) is 14.0. The Labute approximate surface area is 121 Å². The Hall–Kier alpha value is -1.33. The number of rotatable bonds is 4. The Balaban J connectivity index is 2.52. The standard InChI is InChI=1S/C14H17BrN2O2/c1-9(2)17-13(12(19-3)8-16-17)14(18)10-6-4-5-7-11(10)15/h4-9,14,18H,1-3H3. The molecule has 0 aliphatic carbocycles. The number of halogens is 1. The lowest BCUT2D eigenvalue weighted by Gasteiger charge is -2.18. The summed E-state index contributed by atoms with van der Waals surface area (Å²) < 4.78 is 7.94. The van der Waals surface area contributed by atoms with Gasteiger partial charge in [0.15, 0.2) is 5.75 Å². The summed E-state index contributed by atoms with van der Waals surface area (Å²) in [6.07, 6.45) is 0.852. The van der Waals surface area contributed by atoms with Crippen LogP contribution in [0.2, 0.25) is 0 Å². The van der Waals surface area contributed by atoms with Crippen molar-refractivity contribution in [3.63, 3.8) is 0 Å². The first-order valence-corrected chi connectivity index (χ1v) is 6.89. The van der Waals surface area contributed by atoms with E-state index in [4.69, 9.17) is 4.74 Å². The first kappa shape index (κ1) is 14.1.